The molecule has 1 fully saturated rings. The van der Waals surface area contributed by atoms with Crippen LogP contribution in [-0.2, 0) is 11.8 Å². The Kier molecular flexibility index (Phi) is 5.06. The van der Waals surface area contributed by atoms with E-state index in [0.717, 1.165) is 29.2 Å². The van der Waals surface area contributed by atoms with Crippen molar-refractivity contribution in [1.82, 2.24) is 15.0 Å². The lowest BCUT2D eigenvalue weighted by Gasteiger charge is -2.41. The van der Waals surface area contributed by atoms with E-state index in [-0.39, 0.29) is 11.3 Å². The van der Waals surface area contributed by atoms with E-state index in [1.54, 1.807) is 11.3 Å². The first-order valence-corrected chi connectivity index (χ1v) is 10.7. The molecule has 0 atom stereocenters. The monoisotopic (exact) mass is 395 g/mol. The maximum atomic E-state index is 13.2. The Balaban J connectivity index is 1.63. The Morgan fingerprint density at radius 3 is 2.54 bits per heavy atom. The highest BCUT2D eigenvalue weighted by atomic mass is 32.1. The molecule has 0 saturated carbocycles. The van der Waals surface area contributed by atoms with E-state index >= 15 is 0 Å². The van der Waals surface area contributed by atoms with E-state index < -0.39 is 0 Å². The first-order chi connectivity index (χ1) is 13.5. The topological polar surface area (TPSA) is 59.2 Å². The number of piperidine rings is 1. The van der Waals surface area contributed by atoms with E-state index in [9.17, 15) is 4.79 Å². The minimum absolute atomic E-state index is 0.0340. The highest BCUT2D eigenvalue weighted by molar-refractivity contribution is 7.09. The predicted octanol–water partition coefficient (Wildman–Crippen LogP) is 4.53. The Bertz CT molecular complexity index is 969. The zero-order chi connectivity index (χ0) is 19.7. The molecule has 3 heterocycles. The van der Waals surface area contributed by atoms with Gasteiger partial charge >= 0.3 is 0 Å². The van der Waals surface area contributed by atoms with Gasteiger partial charge < -0.3 is 9.42 Å². The molecule has 0 spiro atoms. The number of nitrogens with zero attached hydrogens (tertiary/aromatic N) is 3. The van der Waals surface area contributed by atoms with Gasteiger partial charge in [-0.3, -0.25) is 4.79 Å². The molecule has 1 aliphatic heterocycles. The third-order valence-electron chi connectivity index (χ3n) is 5.82. The van der Waals surface area contributed by atoms with Gasteiger partial charge in [0.05, 0.1) is 16.4 Å². The summed E-state index contributed by atoms with van der Waals surface area (Å²) in [5, 5.41) is 7.31. The average Bonchev–Trinajstić information content (AvgIpc) is 3.34. The largest absolute Gasteiger partial charge is 0.361 e. The summed E-state index contributed by atoms with van der Waals surface area (Å²) in [6.45, 7) is 7.24. The Labute approximate surface area is 169 Å². The van der Waals surface area contributed by atoms with Crippen molar-refractivity contribution < 1.29 is 9.32 Å². The number of rotatable bonds is 4. The molecule has 3 aromatic rings. The summed E-state index contributed by atoms with van der Waals surface area (Å²) in [5.74, 6) is 0.642. The van der Waals surface area contributed by atoms with Crippen LogP contribution in [0.15, 0.2) is 40.2 Å². The highest BCUT2D eigenvalue weighted by Crippen LogP contribution is 2.42. The van der Waals surface area contributed by atoms with Crippen molar-refractivity contribution in [1.29, 1.82) is 0 Å². The summed E-state index contributed by atoms with van der Waals surface area (Å²) in [7, 11) is 0. The van der Waals surface area contributed by atoms with E-state index in [4.69, 9.17) is 9.51 Å². The summed E-state index contributed by atoms with van der Waals surface area (Å²) < 4.78 is 5.27. The first-order valence-electron chi connectivity index (χ1n) is 9.77. The van der Waals surface area contributed by atoms with Gasteiger partial charge in [-0.1, -0.05) is 42.4 Å². The lowest BCUT2D eigenvalue weighted by molar-refractivity contribution is 0.0681. The second-order valence-corrected chi connectivity index (χ2v) is 8.47. The lowest BCUT2D eigenvalue weighted by atomic mass is 9.70. The van der Waals surface area contributed by atoms with E-state index in [0.29, 0.717) is 30.8 Å². The van der Waals surface area contributed by atoms with Gasteiger partial charge in [-0.25, -0.2) is 4.98 Å². The van der Waals surface area contributed by atoms with Crippen molar-refractivity contribution in [2.75, 3.05) is 13.1 Å². The van der Waals surface area contributed by atoms with Crippen molar-refractivity contribution in [3.8, 4) is 0 Å². The van der Waals surface area contributed by atoms with Gasteiger partial charge in [-0.05, 0) is 38.7 Å². The molecule has 0 radical (unpaired) electrons. The number of amides is 1. The lowest BCUT2D eigenvalue weighted by Crippen LogP contribution is -2.46. The Morgan fingerprint density at radius 2 is 1.93 bits per heavy atom. The molecule has 0 N–H and O–H groups in total. The van der Waals surface area contributed by atoms with Crippen LogP contribution < -0.4 is 0 Å². The van der Waals surface area contributed by atoms with E-state index in [1.807, 2.05) is 31.7 Å². The zero-order valence-electron chi connectivity index (χ0n) is 16.6. The molecule has 0 bridgehead atoms. The van der Waals surface area contributed by atoms with Gasteiger partial charge in [-0.2, -0.15) is 0 Å². The number of benzene rings is 1. The second-order valence-electron chi connectivity index (χ2n) is 7.41. The molecule has 1 saturated heterocycles. The van der Waals surface area contributed by atoms with Crippen molar-refractivity contribution in [2.24, 2.45) is 0 Å². The van der Waals surface area contributed by atoms with Gasteiger partial charge in [0.2, 0.25) is 0 Å². The SMILES string of the molecule is CCc1noc(C)c1C(=O)N1CCC(c2ccccc2)(c2csc(C)n2)CC1. The van der Waals surface area contributed by atoms with Crippen LogP contribution in [0.1, 0.15) is 57.8 Å². The van der Waals surface area contributed by atoms with Gasteiger partial charge in [0.15, 0.2) is 0 Å². The quantitative estimate of drug-likeness (QED) is 0.651. The average molecular weight is 396 g/mol. The number of likely N-dealkylation sites (tertiary alicyclic amines) is 1. The third kappa shape index (κ3) is 3.15. The zero-order valence-corrected chi connectivity index (χ0v) is 17.4. The normalized spacial score (nSPS) is 16.3. The maximum absolute atomic E-state index is 13.2. The van der Waals surface area contributed by atoms with Gasteiger partial charge in [0.25, 0.3) is 5.91 Å². The number of hydrogen-bond donors (Lipinski definition) is 0. The molecular weight excluding hydrogens is 370 g/mol. The molecule has 4 rings (SSSR count). The molecular formula is C22H25N3O2S. The first kappa shape index (κ1) is 18.9. The number of aryl methyl sites for hydroxylation is 3. The van der Waals surface area contributed by atoms with Crippen molar-refractivity contribution >= 4 is 17.2 Å². The summed E-state index contributed by atoms with van der Waals surface area (Å²) in [4.78, 5) is 19.9. The number of thiazole rings is 1. The predicted molar refractivity (Wildman–Crippen MR) is 110 cm³/mol. The molecule has 1 aromatic carbocycles. The Morgan fingerprint density at radius 1 is 1.21 bits per heavy atom. The van der Waals surface area contributed by atoms with Crippen LogP contribution in [0, 0.1) is 13.8 Å². The van der Waals surface area contributed by atoms with Gasteiger partial charge in [0.1, 0.15) is 11.3 Å². The molecule has 2 aromatic heterocycles. The second kappa shape index (κ2) is 7.51. The molecule has 6 heteroatoms. The van der Waals surface area contributed by atoms with Crippen LogP contribution in [0.2, 0.25) is 0 Å². The van der Waals surface area contributed by atoms with Crippen LogP contribution in [-0.4, -0.2) is 34.0 Å². The fourth-order valence-corrected chi connectivity index (χ4v) is 4.93. The minimum atomic E-state index is -0.139. The molecule has 146 valence electrons. The molecule has 28 heavy (non-hydrogen) atoms. The Hall–Kier alpha value is -2.47. The molecule has 0 unspecified atom stereocenters. The molecule has 0 aliphatic carbocycles. The van der Waals surface area contributed by atoms with Crippen LogP contribution in [0.5, 0.6) is 0 Å². The van der Waals surface area contributed by atoms with Gasteiger partial charge in [0, 0.05) is 23.9 Å². The smallest absolute Gasteiger partial charge is 0.259 e. The number of carbonyl (C=O) groups excluding carboxylic acids is 1. The fraction of sp³-hybridized carbons (Fsp3) is 0.409. The molecule has 1 amide bonds. The van der Waals surface area contributed by atoms with Crippen molar-refractivity contribution in [3.05, 3.63) is 69.0 Å². The van der Waals surface area contributed by atoms with Crippen molar-refractivity contribution in [3.63, 3.8) is 0 Å². The summed E-state index contributed by atoms with van der Waals surface area (Å²) in [6.07, 6.45) is 2.41. The number of aromatic nitrogens is 2. The van der Waals surface area contributed by atoms with Crippen LogP contribution in [0.25, 0.3) is 0 Å². The summed E-state index contributed by atoms with van der Waals surface area (Å²) in [6, 6.07) is 10.6. The molecule has 1 aliphatic rings. The third-order valence-corrected chi connectivity index (χ3v) is 6.60. The summed E-state index contributed by atoms with van der Waals surface area (Å²) >= 11 is 1.69. The van der Waals surface area contributed by atoms with E-state index in [1.165, 1.54) is 5.56 Å². The fourth-order valence-electron chi connectivity index (χ4n) is 4.22. The standard InChI is InChI=1S/C22H25N3O2S/c1-4-18-20(15(2)27-24-18)21(26)25-12-10-22(11-13-25,17-8-6-5-7-9-17)19-14-28-16(3)23-19/h5-9,14H,4,10-13H2,1-3H3. The maximum Gasteiger partial charge on any atom is 0.259 e. The van der Waals surface area contributed by atoms with Crippen LogP contribution in [0.3, 0.4) is 0 Å². The van der Waals surface area contributed by atoms with Crippen LogP contribution >= 0.6 is 11.3 Å². The van der Waals surface area contributed by atoms with Crippen LogP contribution in [0.4, 0.5) is 0 Å². The van der Waals surface area contributed by atoms with E-state index in [2.05, 4.69) is 34.8 Å². The molecule has 5 nitrogen and oxygen atoms in total. The highest BCUT2D eigenvalue weighted by Gasteiger charge is 2.41. The number of carbonyl (C=O) groups is 1. The minimum Gasteiger partial charge on any atom is -0.361 e. The van der Waals surface area contributed by atoms with Gasteiger partial charge in [-0.15, -0.1) is 11.3 Å². The number of hydrogen-bond acceptors (Lipinski definition) is 5. The van der Waals surface area contributed by atoms with Crippen molar-refractivity contribution in [2.45, 2.75) is 45.4 Å². The summed E-state index contributed by atoms with van der Waals surface area (Å²) in [5.41, 5.74) is 3.66.